The van der Waals surface area contributed by atoms with Crippen molar-refractivity contribution in [3.8, 4) is 6.19 Å². The van der Waals surface area contributed by atoms with Gasteiger partial charge in [0.2, 0.25) is 0 Å². The summed E-state index contributed by atoms with van der Waals surface area (Å²) in [4.78, 5) is 0. The van der Waals surface area contributed by atoms with Gasteiger partial charge in [-0.1, -0.05) is 6.92 Å². The third-order valence-corrected chi connectivity index (χ3v) is 0.618. The number of nitrogens with one attached hydrogen (secondary N) is 1. The van der Waals surface area contributed by atoms with Crippen LogP contribution in [-0.2, 0) is 0 Å². The maximum Gasteiger partial charge on any atom is 0.178 e. The van der Waals surface area contributed by atoms with Gasteiger partial charge in [0.25, 0.3) is 0 Å². The molecule has 0 heterocycles. The molecule has 0 spiro atoms. The fraction of sp³-hybridized carbons (Fsp3) is 0.750. The largest absolute Gasteiger partial charge is 0.373 e. The molecule has 1 atom stereocenters. The fourth-order valence-corrected chi connectivity index (χ4v) is 0.177. The minimum absolute atomic E-state index is 0.563. The molecule has 0 aliphatic heterocycles. The average Bonchev–Trinajstić information content (AvgIpc) is 1.68. The number of hydrogen-bond acceptors (Lipinski definition) is 3. The van der Waals surface area contributed by atoms with Gasteiger partial charge in [0, 0.05) is 0 Å². The van der Waals surface area contributed by atoms with Crippen LogP contribution in [-0.4, -0.2) is 11.3 Å². The molecule has 2 N–H and O–H groups in total. The minimum Gasteiger partial charge on any atom is -0.373 e. The van der Waals surface area contributed by atoms with Gasteiger partial charge in [-0.15, -0.1) is 0 Å². The van der Waals surface area contributed by atoms with Crippen molar-refractivity contribution in [3.05, 3.63) is 0 Å². The summed E-state index contributed by atoms with van der Waals surface area (Å²) in [7, 11) is 0. The zero-order valence-electron chi connectivity index (χ0n) is 4.18. The maximum absolute atomic E-state index is 8.52. The SMILES string of the molecule is CCC(O)NC#N. The number of aliphatic hydroxyl groups excluding tert-OH is 1. The Morgan fingerprint density at radius 3 is 2.71 bits per heavy atom. The molecule has 0 fully saturated rings. The topological polar surface area (TPSA) is 56.0 Å². The summed E-state index contributed by atoms with van der Waals surface area (Å²) < 4.78 is 0. The monoisotopic (exact) mass is 100 g/mol. The lowest BCUT2D eigenvalue weighted by Gasteiger charge is -2.00. The van der Waals surface area contributed by atoms with Crippen LogP contribution in [0.5, 0.6) is 0 Å². The molecule has 0 amide bonds. The van der Waals surface area contributed by atoms with Crippen molar-refractivity contribution in [2.45, 2.75) is 19.6 Å². The second-order valence-corrected chi connectivity index (χ2v) is 1.18. The molecule has 0 aliphatic rings. The second-order valence-electron chi connectivity index (χ2n) is 1.18. The number of nitrogens with zero attached hydrogens (tertiary/aromatic N) is 1. The molecule has 1 unspecified atom stereocenters. The van der Waals surface area contributed by atoms with Crippen LogP contribution in [0.1, 0.15) is 13.3 Å². The second kappa shape index (κ2) is 3.44. The van der Waals surface area contributed by atoms with Gasteiger partial charge in [-0.05, 0) is 6.42 Å². The lowest BCUT2D eigenvalue weighted by molar-refractivity contribution is 0.152. The van der Waals surface area contributed by atoms with E-state index in [4.69, 9.17) is 10.4 Å². The zero-order valence-corrected chi connectivity index (χ0v) is 4.18. The summed E-state index contributed by atoms with van der Waals surface area (Å²) in [5, 5.41) is 18.5. The van der Waals surface area contributed by atoms with Crippen molar-refractivity contribution < 1.29 is 5.11 Å². The smallest absolute Gasteiger partial charge is 0.178 e. The van der Waals surface area contributed by atoms with E-state index in [1.54, 1.807) is 13.1 Å². The Morgan fingerprint density at radius 1 is 2.00 bits per heavy atom. The summed E-state index contributed by atoms with van der Waals surface area (Å²) in [5.41, 5.74) is 0. The van der Waals surface area contributed by atoms with Crippen LogP contribution in [0.2, 0.25) is 0 Å². The molecule has 7 heavy (non-hydrogen) atoms. The van der Waals surface area contributed by atoms with Crippen LogP contribution in [0.4, 0.5) is 0 Å². The van der Waals surface area contributed by atoms with E-state index in [0.717, 1.165) is 0 Å². The average molecular weight is 100 g/mol. The standard InChI is InChI=1S/C4H8N2O/c1-2-4(7)6-3-5/h4,6-7H,2H2,1H3. The van der Waals surface area contributed by atoms with E-state index in [1.807, 2.05) is 0 Å². The molecule has 40 valence electrons. The van der Waals surface area contributed by atoms with Crippen molar-refractivity contribution in [3.63, 3.8) is 0 Å². The van der Waals surface area contributed by atoms with Gasteiger partial charge in [-0.25, -0.2) is 0 Å². The molecule has 0 aromatic rings. The third kappa shape index (κ3) is 3.07. The number of hydrogen-bond donors (Lipinski definition) is 2. The summed E-state index contributed by atoms with van der Waals surface area (Å²) in [6.45, 7) is 1.79. The Bertz CT molecular complexity index is 76.2. The molecule has 0 aliphatic carbocycles. The van der Waals surface area contributed by atoms with Gasteiger partial charge in [0.05, 0.1) is 0 Å². The molecule has 3 heteroatoms. The first-order chi connectivity index (χ1) is 3.31. The lowest BCUT2D eigenvalue weighted by Crippen LogP contribution is -2.22. The van der Waals surface area contributed by atoms with Crippen molar-refractivity contribution >= 4 is 0 Å². The molecule has 0 saturated carbocycles. The third-order valence-electron chi connectivity index (χ3n) is 0.618. The van der Waals surface area contributed by atoms with Crippen LogP contribution >= 0.6 is 0 Å². The van der Waals surface area contributed by atoms with Gasteiger partial charge in [-0.3, -0.25) is 5.32 Å². The van der Waals surface area contributed by atoms with Crippen LogP contribution in [0.3, 0.4) is 0 Å². The van der Waals surface area contributed by atoms with Gasteiger partial charge in [0.1, 0.15) is 6.23 Å². The van der Waals surface area contributed by atoms with E-state index in [9.17, 15) is 0 Å². The van der Waals surface area contributed by atoms with Gasteiger partial charge >= 0.3 is 0 Å². The first kappa shape index (κ1) is 6.25. The predicted octanol–water partition coefficient (Wildman–Crippen LogP) is -0.215. The van der Waals surface area contributed by atoms with E-state index in [0.29, 0.717) is 6.42 Å². The van der Waals surface area contributed by atoms with Crippen molar-refractivity contribution in [2.75, 3.05) is 0 Å². The molecule has 0 bridgehead atoms. The van der Waals surface area contributed by atoms with Crippen molar-refractivity contribution in [1.29, 1.82) is 5.26 Å². The van der Waals surface area contributed by atoms with Gasteiger partial charge < -0.3 is 5.11 Å². The highest BCUT2D eigenvalue weighted by atomic mass is 16.3. The molecule has 3 nitrogen and oxygen atoms in total. The predicted molar refractivity (Wildman–Crippen MR) is 25.0 cm³/mol. The minimum atomic E-state index is -0.662. The summed E-state index contributed by atoms with van der Waals surface area (Å²) in [5.74, 6) is 0. The van der Waals surface area contributed by atoms with Gasteiger partial charge in [0.15, 0.2) is 6.19 Å². The molecular formula is C4H8N2O. The highest BCUT2D eigenvalue weighted by Crippen LogP contribution is 1.79. The van der Waals surface area contributed by atoms with E-state index in [1.165, 1.54) is 0 Å². The van der Waals surface area contributed by atoms with Crippen molar-refractivity contribution in [1.82, 2.24) is 5.32 Å². The Morgan fingerprint density at radius 2 is 2.57 bits per heavy atom. The Labute approximate surface area is 42.6 Å². The van der Waals surface area contributed by atoms with Gasteiger partial charge in [-0.2, -0.15) is 5.26 Å². The first-order valence-electron chi connectivity index (χ1n) is 2.14. The fourth-order valence-electron chi connectivity index (χ4n) is 0.177. The van der Waals surface area contributed by atoms with E-state index >= 15 is 0 Å². The van der Waals surface area contributed by atoms with Crippen LogP contribution in [0.15, 0.2) is 0 Å². The molecule has 0 aromatic carbocycles. The number of nitriles is 1. The first-order valence-corrected chi connectivity index (χ1v) is 2.14. The number of rotatable bonds is 2. The maximum atomic E-state index is 8.52. The summed E-state index contributed by atoms with van der Waals surface area (Å²) >= 11 is 0. The van der Waals surface area contributed by atoms with Crippen LogP contribution in [0, 0.1) is 11.5 Å². The molecule has 0 saturated heterocycles. The highest BCUT2D eigenvalue weighted by molar-refractivity contribution is 4.65. The highest BCUT2D eigenvalue weighted by Gasteiger charge is 1.91. The van der Waals surface area contributed by atoms with E-state index < -0.39 is 6.23 Å². The summed E-state index contributed by atoms with van der Waals surface area (Å²) in [6, 6.07) is 0. The molecule has 0 aromatic heterocycles. The zero-order chi connectivity index (χ0) is 5.70. The summed E-state index contributed by atoms with van der Waals surface area (Å²) in [6.07, 6.45) is 1.52. The van der Waals surface area contributed by atoms with Crippen LogP contribution < -0.4 is 5.32 Å². The Balaban J connectivity index is 3.03. The number of aliphatic hydroxyl groups is 1. The van der Waals surface area contributed by atoms with Crippen LogP contribution in [0.25, 0.3) is 0 Å². The Hall–Kier alpha value is -0.750. The lowest BCUT2D eigenvalue weighted by atomic mass is 10.4. The Kier molecular flexibility index (Phi) is 3.07. The quantitative estimate of drug-likeness (QED) is 0.286. The molecule has 0 rings (SSSR count). The van der Waals surface area contributed by atoms with E-state index in [-0.39, 0.29) is 0 Å². The molecule has 0 radical (unpaired) electrons. The normalized spacial score (nSPS) is 12.1. The van der Waals surface area contributed by atoms with E-state index in [2.05, 4.69) is 5.32 Å². The van der Waals surface area contributed by atoms with Crippen molar-refractivity contribution in [2.24, 2.45) is 0 Å². The molecular weight excluding hydrogens is 92.1 g/mol.